The molecule has 1 rings (SSSR count). The van der Waals surface area contributed by atoms with Crippen molar-refractivity contribution in [3.8, 4) is 0 Å². The average Bonchev–Trinajstić information content (AvgIpc) is 2.05. The number of rotatable bonds is 2. The smallest absolute Gasteiger partial charge is 0.196 e. The molecule has 2 nitrogen and oxygen atoms in total. The molecule has 0 fully saturated rings. The van der Waals surface area contributed by atoms with Gasteiger partial charge in [0.1, 0.15) is 0 Å². The summed E-state index contributed by atoms with van der Waals surface area (Å²) in [7, 11) is 0. The van der Waals surface area contributed by atoms with E-state index in [9.17, 15) is 0 Å². The average molecular weight is 182 g/mol. The number of hydrogen-bond donors (Lipinski definition) is 1. The zero-order chi connectivity index (χ0) is 9.19. The Bertz CT molecular complexity index is 314. The SMILES string of the molecule is CCC(C)(C)c1ccnc(=S)[nH]1. The molecule has 0 aliphatic rings. The quantitative estimate of drug-likeness (QED) is 0.712. The Morgan fingerprint density at radius 1 is 1.58 bits per heavy atom. The summed E-state index contributed by atoms with van der Waals surface area (Å²) in [5, 5.41) is 0. The lowest BCUT2D eigenvalue weighted by molar-refractivity contribution is 0.488. The van der Waals surface area contributed by atoms with E-state index in [1.54, 1.807) is 6.20 Å². The van der Waals surface area contributed by atoms with Gasteiger partial charge in [-0.25, -0.2) is 4.98 Å². The number of nitrogens with zero attached hydrogens (tertiary/aromatic N) is 1. The molecule has 1 heterocycles. The van der Waals surface area contributed by atoms with Crippen LogP contribution in [0, 0.1) is 4.77 Å². The van der Waals surface area contributed by atoms with Crippen LogP contribution in [0.1, 0.15) is 32.9 Å². The van der Waals surface area contributed by atoms with Gasteiger partial charge >= 0.3 is 0 Å². The number of nitrogens with one attached hydrogen (secondary N) is 1. The second kappa shape index (κ2) is 3.35. The van der Waals surface area contributed by atoms with Gasteiger partial charge in [-0.05, 0) is 24.7 Å². The van der Waals surface area contributed by atoms with Gasteiger partial charge in [0, 0.05) is 17.3 Å². The van der Waals surface area contributed by atoms with Crippen LogP contribution in [-0.2, 0) is 5.41 Å². The molecule has 0 radical (unpaired) electrons. The summed E-state index contributed by atoms with van der Waals surface area (Å²) in [6, 6.07) is 1.99. The summed E-state index contributed by atoms with van der Waals surface area (Å²) in [6.45, 7) is 6.54. The van der Waals surface area contributed by atoms with Crippen molar-refractivity contribution in [1.29, 1.82) is 0 Å². The maximum Gasteiger partial charge on any atom is 0.196 e. The van der Waals surface area contributed by atoms with Crippen LogP contribution in [0.25, 0.3) is 0 Å². The van der Waals surface area contributed by atoms with Gasteiger partial charge in [-0.1, -0.05) is 20.8 Å². The van der Waals surface area contributed by atoms with Gasteiger partial charge in [0.2, 0.25) is 0 Å². The van der Waals surface area contributed by atoms with Crippen molar-refractivity contribution < 1.29 is 0 Å². The molecule has 1 aromatic rings. The Labute approximate surface area is 78.1 Å². The van der Waals surface area contributed by atoms with Gasteiger partial charge < -0.3 is 4.98 Å². The Balaban J connectivity index is 3.11. The highest BCUT2D eigenvalue weighted by molar-refractivity contribution is 7.71. The van der Waals surface area contributed by atoms with Crippen LogP contribution >= 0.6 is 12.2 Å². The Morgan fingerprint density at radius 3 is 2.75 bits per heavy atom. The van der Waals surface area contributed by atoms with Crippen molar-refractivity contribution in [2.75, 3.05) is 0 Å². The van der Waals surface area contributed by atoms with Crippen LogP contribution in [0.15, 0.2) is 12.3 Å². The number of aromatic nitrogens is 2. The van der Waals surface area contributed by atoms with Crippen molar-refractivity contribution in [2.24, 2.45) is 0 Å². The first-order valence-corrected chi connectivity index (χ1v) is 4.53. The highest BCUT2D eigenvalue weighted by Crippen LogP contribution is 2.23. The molecular weight excluding hydrogens is 168 g/mol. The monoisotopic (exact) mass is 182 g/mol. The molecule has 66 valence electrons. The van der Waals surface area contributed by atoms with Crippen LogP contribution < -0.4 is 0 Å². The summed E-state index contributed by atoms with van der Waals surface area (Å²) < 4.78 is 0.564. The first kappa shape index (κ1) is 9.39. The highest BCUT2D eigenvalue weighted by atomic mass is 32.1. The lowest BCUT2D eigenvalue weighted by atomic mass is 9.86. The Hall–Kier alpha value is -0.700. The molecule has 0 atom stereocenters. The van der Waals surface area contributed by atoms with Crippen LogP contribution in [0.3, 0.4) is 0 Å². The van der Waals surface area contributed by atoms with E-state index >= 15 is 0 Å². The molecule has 12 heavy (non-hydrogen) atoms. The van der Waals surface area contributed by atoms with E-state index in [1.165, 1.54) is 0 Å². The standard InChI is InChI=1S/C9H14N2S/c1-4-9(2,3)7-5-6-10-8(12)11-7/h5-6H,4H2,1-3H3,(H,10,11,12). The zero-order valence-electron chi connectivity index (χ0n) is 7.72. The van der Waals surface area contributed by atoms with Crippen LogP contribution in [-0.4, -0.2) is 9.97 Å². The molecule has 0 unspecified atom stereocenters. The van der Waals surface area contributed by atoms with Crippen molar-refractivity contribution in [3.63, 3.8) is 0 Å². The van der Waals surface area contributed by atoms with Crippen LogP contribution in [0.4, 0.5) is 0 Å². The predicted octanol–water partition coefficient (Wildman–Crippen LogP) is 2.83. The lowest BCUT2D eigenvalue weighted by Gasteiger charge is -2.22. The van der Waals surface area contributed by atoms with Gasteiger partial charge in [-0.2, -0.15) is 0 Å². The maximum atomic E-state index is 4.95. The third kappa shape index (κ3) is 1.91. The van der Waals surface area contributed by atoms with Crippen LogP contribution in [0.5, 0.6) is 0 Å². The number of H-pyrrole nitrogens is 1. The third-order valence-corrected chi connectivity index (χ3v) is 2.50. The minimum Gasteiger partial charge on any atom is -0.334 e. The molecule has 0 bridgehead atoms. The molecule has 0 amide bonds. The van der Waals surface area contributed by atoms with Crippen LogP contribution in [0.2, 0.25) is 0 Å². The van der Waals surface area contributed by atoms with Gasteiger partial charge in [0.25, 0.3) is 0 Å². The number of hydrogen-bond acceptors (Lipinski definition) is 2. The van der Waals surface area contributed by atoms with E-state index < -0.39 is 0 Å². The normalized spacial score (nSPS) is 11.6. The van der Waals surface area contributed by atoms with Crippen molar-refractivity contribution in [1.82, 2.24) is 9.97 Å². The minimum atomic E-state index is 0.163. The largest absolute Gasteiger partial charge is 0.334 e. The van der Waals surface area contributed by atoms with Crippen molar-refractivity contribution >= 4 is 12.2 Å². The van der Waals surface area contributed by atoms with E-state index in [0.29, 0.717) is 4.77 Å². The maximum absolute atomic E-state index is 4.95. The Kier molecular flexibility index (Phi) is 2.62. The third-order valence-electron chi connectivity index (χ3n) is 2.29. The summed E-state index contributed by atoms with van der Waals surface area (Å²) in [6.07, 6.45) is 2.84. The molecule has 0 aliphatic carbocycles. The molecule has 1 N–H and O–H groups in total. The second-order valence-electron chi connectivity index (χ2n) is 3.53. The summed E-state index contributed by atoms with van der Waals surface area (Å²) in [5.74, 6) is 0. The van der Waals surface area contributed by atoms with E-state index in [4.69, 9.17) is 12.2 Å². The summed E-state index contributed by atoms with van der Waals surface area (Å²) in [4.78, 5) is 7.05. The molecule has 1 aromatic heterocycles. The molecular formula is C9H14N2S. The van der Waals surface area contributed by atoms with E-state index in [-0.39, 0.29) is 5.41 Å². The fraction of sp³-hybridized carbons (Fsp3) is 0.556. The van der Waals surface area contributed by atoms with Crippen molar-refractivity contribution in [3.05, 3.63) is 22.7 Å². The van der Waals surface area contributed by atoms with E-state index in [2.05, 4.69) is 30.7 Å². The fourth-order valence-corrected chi connectivity index (χ4v) is 1.12. The summed E-state index contributed by atoms with van der Waals surface area (Å²) >= 11 is 4.95. The second-order valence-corrected chi connectivity index (χ2v) is 3.91. The lowest BCUT2D eigenvalue weighted by Crippen LogP contribution is -2.17. The van der Waals surface area contributed by atoms with E-state index in [1.807, 2.05) is 6.07 Å². The molecule has 0 aliphatic heterocycles. The predicted molar refractivity (Wildman–Crippen MR) is 52.7 cm³/mol. The van der Waals surface area contributed by atoms with Crippen molar-refractivity contribution in [2.45, 2.75) is 32.6 Å². The Morgan fingerprint density at radius 2 is 2.25 bits per heavy atom. The topological polar surface area (TPSA) is 28.7 Å². The summed E-state index contributed by atoms with van der Waals surface area (Å²) in [5.41, 5.74) is 1.32. The molecule has 0 aromatic carbocycles. The zero-order valence-corrected chi connectivity index (χ0v) is 8.53. The minimum absolute atomic E-state index is 0.163. The molecule has 0 saturated carbocycles. The molecule has 0 saturated heterocycles. The number of aromatic amines is 1. The highest BCUT2D eigenvalue weighted by Gasteiger charge is 2.18. The first-order chi connectivity index (χ1) is 5.56. The van der Waals surface area contributed by atoms with Gasteiger partial charge in [-0.3, -0.25) is 0 Å². The van der Waals surface area contributed by atoms with Gasteiger partial charge in [-0.15, -0.1) is 0 Å². The molecule has 0 spiro atoms. The molecule has 3 heteroatoms. The van der Waals surface area contributed by atoms with Gasteiger partial charge in [0.15, 0.2) is 4.77 Å². The van der Waals surface area contributed by atoms with E-state index in [0.717, 1.165) is 12.1 Å². The van der Waals surface area contributed by atoms with Gasteiger partial charge in [0.05, 0.1) is 0 Å². The fourth-order valence-electron chi connectivity index (χ4n) is 0.954. The first-order valence-electron chi connectivity index (χ1n) is 4.12.